The predicted octanol–water partition coefficient (Wildman–Crippen LogP) is 4.44. The maximum absolute atomic E-state index is 12.9. The summed E-state index contributed by atoms with van der Waals surface area (Å²) in [4.78, 5) is 41.1. The first kappa shape index (κ1) is 23.9. The molecule has 178 valence electrons. The van der Waals surface area contributed by atoms with E-state index in [2.05, 4.69) is 6.92 Å². The van der Waals surface area contributed by atoms with Crippen molar-refractivity contribution in [1.29, 1.82) is 0 Å². The van der Waals surface area contributed by atoms with Gasteiger partial charge in [-0.15, -0.1) is 0 Å². The van der Waals surface area contributed by atoms with Gasteiger partial charge in [-0.1, -0.05) is 43.3 Å². The van der Waals surface area contributed by atoms with Crippen molar-refractivity contribution in [3.8, 4) is 11.5 Å². The molecule has 0 aliphatic carbocycles. The van der Waals surface area contributed by atoms with Crippen molar-refractivity contribution in [3.63, 3.8) is 0 Å². The largest absolute Gasteiger partial charge is 0.490 e. The Bertz CT molecular complexity index is 1060. The number of benzene rings is 2. The summed E-state index contributed by atoms with van der Waals surface area (Å²) in [5.41, 5.74) is 0.684. The zero-order valence-corrected chi connectivity index (χ0v) is 20.0. The van der Waals surface area contributed by atoms with Gasteiger partial charge in [0, 0.05) is 18.7 Å². The van der Waals surface area contributed by atoms with Crippen LogP contribution in [0.5, 0.6) is 11.5 Å². The molecule has 34 heavy (non-hydrogen) atoms. The first-order valence-corrected chi connectivity index (χ1v) is 12.3. The van der Waals surface area contributed by atoms with Crippen molar-refractivity contribution < 1.29 is 23.9 Å². The molecule has 2 saturated heterocycles. The number of rotatable bonds is 8. The third kappa shape index (κ3) is 5.99. The molecule has 2 aromatic carbocycles. The van der Waals surface area contributed by atoms with Crippen LogP contribution in [0, 0.1) is 5.92 Å². The van der Waals surface area contributed by atoms with Gasteiger partial charge in [0.2, 0.25) is 5.91 Å². The molecular formula is C26H28N2O5S. The highest BCUT2D eigenvalue weighted by atomic mass is 32.2. The second kappa shape index (κ2) is 11.2. The minimum absolute atomic E-state index is 0.183. The van der Waals surface area contributed by atoms with E-state index < -0.39 is 11.1 Å². The van der Waals surface area contributed by atoms with E-state index in [-0.39, 0.29) is 17.4 Å². The van der Waals surface area contributed by atoms with Gasteiger partial charge in [0.1, 0.15) is 31.3 Å². The van der Waals surface area contributed by atoms with E-state index in [1.807, 2.05) is 48.5 Å². The Morgan fingerprint density at radius 1 is 1.00 bits per heavy atom. The average Bonchev–Trinajstić information content (AvgIpc) is 3.11. The van der Waals surface area contributed by atoms with E-state index in [0.29, 0.717) is 43.5 Å². The van der Waals surface area contributed by atoms with Crippen molar-refractivity contribution in [2.45, 2.75) is 19.8 Å². The highest BCUT2D eigenvalue weighted by Gasteiger charge is 2.37. The predicted molar refractivity (Wildman–Crippen MR) is 132 cm³/mol. The van der Waals surface area contributed by atoms with Crippen LogP contribution in [0.15, 0.2) is 59.5 Å². The summed E-state index contributed by atoms with van der Waals surface area (Å²) in [5.74, 6) is 1.32. The Hall–Kier alpha value is -3.26. The lowest BCUT2D eigenvalue weighted by molar-refractivity contribution is -0.136. The number of amides is 3. The lowest BCUT2D eigenvalue weighted by Gasteiger charge is -2.31. The van der Waals surface area contributed by atoms with E-state index >= 15 is 0 Å². The third-order valence-electron chi connectivity index (χ3n) is 5.86. The minimum Gasteiger partial charge on any atom is -0.490 e. The van der Waals surface area contributed by atoms with E-state index in [9.17, 15) is 14.4 Å². The molecule has 2 heterocycles. The van der Waals surface area contributed by atoms with Gasteiger partial charge in [0.05, 0.1) is 4.91 Å². The van der Waals surface area contributed by atoms with Crippen molar-refractivity contribution >= 4 is 34.9 Å². The van der Waals surface area contributed by atoms with Gasteiger partial charge in [-0.05, 0) is 54.8 Å². The number of nitrogens with zero attached hydrogens (tertiary/aromatic N) is 2. The molecule has 0 N–H and O–H groups in total. The Labute approximate surface area is 203 Å². The van der Waals surface area contributed by atoms with Crippen LogP contribution in [0.1, 0.15) is 25.3 Å². The maximum atomic E-state index is 12.9. The van der Waals surface area contributed by atoms with Crippen molar-refractivity contribution in [2.24, 2.45) is 5.92 Å². The number of likely N-dealkylation sites (tertiary alicyclic amines) is 1. The molecule has 2 fully saturated rings. The molecule has 7 nitrogen and oxygen atoms in total. The molecule has 0 unspecified atom stereocenters. The van der Waals surface area contributed by atoms with E-state index in [1.54, 1.807) is 17.0 Å². The number of para-hydroxylation sites is 2. The zero-order valence-electron chi connectivity index (χ0n) is 19.1. The topological polar surface area (TPSA) is 76.2 Å². The Morgan fingerprint density at radius 2 is 1.68 bits per heavy atom. The molecule has 4 rings (SSSR count). The Morgan fingerprint density at radius 3 is 2.44 bits per heavy atom. The fourth-order valence-corrected chi connectivity index (χ4v) is 4.66. The molecule has 2 aromatic rings. The first-order valence-electron chi connectivity index (χ1n) is 11.4. The van der Waals surface area contributed by atoms with E-state index in [4.69, 9.17) is 9.47 Å². The molecule has 2 aliphatic heterocycles. The molecule has 0 atom stereocenters. The standard InChI is InChI=1S/C26H28N2O5S/c1-19-11-13-27(14-12-19)24(29)18-28-25(30)23(34-26(28)31)17-20-7-5-6-10-22(20)33-16-15-32-21-8-3-2-4-9-21/h2-10,17,19H,11-16,18H2,1H3/b23-17+. The molecule has 0 spiro atoms. The van der Waals surface area contributed by atoms with Gasteiger partial charge in [-0.3, -0.25) is 19.3 Å². The number of ether oxygens (including phenoxy) is 2. The normalized spacial score (nSPS) is 18.0. The Kier molecular flexibility index (Phi) is 7.90. The molecule has 0 bridgehead atoms. The van der Waals surface area contributed by atoms with Crippen LogP contribution in [0.25, 0.3) is 6.08 Å². The first-order chi connectivity index (χ1) is 16.5. The van der Waals surface area contributed by atoms with Crippen LogP contribution in [0.2, 0.25) is 0 Å². The number of thioether (sulfide) groups is 1. The zero-order chi connectivity index (χ0) is 23.9. The van der Waals surface area contributed by atoms with Crippen LogP contribution >= 0.6 is 11.8 Å². The number of carbonyl (C=O) groups excluding carboxylic acids is 3. The lowest BCUT2D eigenvalue weighted by Crippen LogP contribution is -2.45. The summed E-state index contributed by atoms with van der Waals surface area (Å²) < 4.78 is 11.5. The number of hydrogen-bond acceptors (Lipinski definition) is 6. The highest BCUT2D eigenvalue weighted by Crippen LogP contribution is 2.34. The summed E-state index contributed by atoms with van der Waals surface area (Å²) in [6, 6.07) is 16.8. The molecule has 3 amide bonds. The van der Waals surface area contributed by atoms with Crippen LogP contribution in [-0.4, -0.2) is 59.7 Å². The molecule has 0 saturated carbocycles. The van der Waals surface area contributed by atoms with Crippen molar-refractivity contribution in [2.75, 3.05) is 32.8 Å². The summed E-state index contributed by atoms with van der Waals surface area (Å²) in [6.07, 6.45) is 3.53. The fraction of sp³-hybridized carbons (Fsp3) is 0.346. The highest BCUT2D eigenvalue weighted by molar-refractivity contribution is 8.18. The summed E-state index contributed by atoms with van der Waals surface area (Å²) in [7, 11) is 0. The molecule has 0 aromatic heterocycles. The van der Waals surface area contributed by atoms with Gasteiger partial charge in [0.15, 0.2) is 0 Å². The fourth-order valence-electron chi connectivity index (χ4n) is 3.83. The minimum atomic E-state index is -0.448. The van der Waals surface area contributed by atoms with Gasteiger partial charge in [-0.25, -0.2) is 0 Å². The van der Waals surface area contributed by atoms with Crippen LogP contribution < -0.4 is 9.47 Å². The second-order valence-corrected chi connectivity index (χ2v) is 9.37. The summed E-state index contributed by atoms with van der Waals surface area (Å²) in [6.45, 7) is 3.98. The number of carbonyl (C=O) groups is 3. The van der Waals surface area contributed by atoms with Crippen molar-refractivity contribution in [1.82, 2.24) is 9.80 Å². The summed E-state index contributed by atoms with van der Waals surface area (Å²) >= 11 is 0.848. The maximum Gasteiger partial charge on any atom is 0.294 e. The number of piperidine rings is 1. The smallest absolute Gasteiger partial charge is 0.294 e. The van der Waals surface area contributed by atoms with Crippen molar-refractivity contribution in [3.05, 3.63) is 65.1 Å². The Balaban J connectivity index is 1.36. The average molecular weight is 481 g/mol. The second-order valence-electron chi connectivity index (χ2n) is 8.38. The van der Waals surface area contributed by atoms with E-state index in [0.717, 1.165) is 35.3 Å². The quantitative estimate of drug-likeness (QED) is 0.411. The monoisotopic (exact) mass is 480 g/mol. The summed E-state index contributed by atoms with van der Waals surface area (Å²) in [5, 5.41) is -0.426. The van der Waals surface area contributed by atoms with Gasteiger partial charge < -0.3 is 14.4 Å². The van der Waals surface area contributed by atoms with Crippen LogP contribution in [0.3, 0.4) is 0 Å². The van der Waals surface area contributed by atoms with Gasteiger partial charge >= 0.3 is 0 Å². The molecule has 8 heteroatoms. The molecule has 0 radical (unpaired) electrons. The van der Waals surface area contributed by atoms with Crippen LogP contribution in [-0.2, 0) is 9.59 Å². The van der Waals surface area contributed by atoms with Crippen LogP contribution in [0.4, 0.5) is 4.79 Å². The number of hydrogen-bond donors (Lipinski definition) is 0. The lowest BCUT2D eigenvalue weighted by atomic mass is 9.99. The van der Waals surface area contributed by atoms with Gasteiger partial charge in [0.25, 0.3) is 11.1 Å². The van der Waals surface area contributed by atoms with Gasteiger partial charge in [-0.2, -0.15) is 0 Å². The number of imide groups is 1. The SMILES string of the molecule is CC1CCN(C(=O)CN2C(=O)S/C(=C/c3ccccc3OCCOc3ccccc3)C2=O)CC1. The molecule has 2 aliphatic rings. The third-order valence-corrected chi connectivity index (χ3v) is 6.77. The van der Waals surface area contributed by atoms with E-state index in [1.165, 1.54) is 0 Å². The molecular weight excluding hydrogens is 452 g/mol.